The van der Waals surface area contributed by atoms with Gasteiger partial charge < -0.3 is 4.57 Å². The lowest BCUT2D eigenvalue weighted by Gasteiger charge is -2.18. The summed E-state index contributed by atoms with van der Waals surface area (Å²) in [6.07, 6.45) is -1.79. The molecule has 0 fully saturated rings. The van der Waals surface area contributed by atoms with Gasteiger partial charge >= 0.3 is 6.18 Å². The molecule has 0 N–H and O–H groups in total. The summed E-state index contributed by atoms with van der Waals surface area (Å²) in [5, 5.41) is 0. The molecule has 0 unspecified atom stereocenters. The molecule has 5 heteroatoms. The Hall–Kier alpha value is -1.00. The van der Waals surface area contributed by atoms with Gasteiger partial charge in [0, 0.05) is 13.0 Å². The van der Waals surface area contributed by atoms with E-state index in [-0.39, 0.29) is 5.92 Å². The van der Waals surface area contributed by atoms with E-state index in [1.54, 1.807) is 18.4 Å². The van der Waals surface area contributed by atoms with Crippen molar-refractivity contribution in [1.29, 1.82) is 0 Å². The second kappa shape index (κ2) is 3.79. The molecule has 2 rings (SSSR count). The van der Waals surface area contributed by atoms with E-state index >= 15 is 0 Å². The molecule has 1 aliphatic rings. The number of alkyl halides is 3. The molecule has 0 aliphatic carbocycles. The van der Waals surface area contributed by atoms with Crippen molar-refractivity contribution in [1.82, 2.24) is 9.55 Å². The summed E-state index contributed by atoms with van der Waals surface area (Å²) >= 11 is 0. The lowest BCUT2D eigenvalue weighted by atomic mass is 10.1. The maximum absolute atomic E-state index is 12.8. The van der Waals surface area contributed by atoms with E-state index in [9.17, 15) is 13.2 Å². The highest BCUT2D eigenvalue weighted by Gasteiger charge is 2.39. The SMILES string of the molecule is CC(C)c1c(C(F)(F)F)nc2n1CCCC2. The van der Waals surface area contributed by atoms with Gasteiger partial charge in [0.2, 0.25) is 0 Å². The zero-order chi connectivity index (χ0) is 11.9. The Morgan fingerprint density at radius 1 is 1.25 bits per heavy atom. The van der Waals surface area contributed by atoms with Crippen LogP contribution in [0.4, 0.5) is 13.2 Å². The first kappa shape index (κ1) is 11.5. The molecular formula is C11H15F3N2. The largest absolute Gasteiger partial charge is 0.435 e. The van der Waals surface area contributed by atoms with E-state index in [1.165, 1.54) is 0 Å². The second-order valence-corrected chi connectivity index (χ2v) is 4.52. The summed E-state index contributed by atoms with van der Waals surface area (Å²) in [5.74, 6) is 0.457. The maximum Gasteiger partial charge on any atom is 0.435 e. The third-order valence-electron chi connectivity index (χ3n) is 2.93. The smallest absolute Gasteiger partial charge is 0.331 e. The maximum atomic E-state index is 12.8. The number of hydrogen-bond donors (Lipinski definition) is 0. The first-order valence-electron chi connectivity index (χ1n) is 5.57. The van der Waals surface area contributed by atoms with Gasteiger partial charge in [-0.15, -0.1) is 0 Å². The molecule has 0 saturated carbocycles. The number of aryl methyl sites for hydroxylation is 1. The number of rotatable bonds is 1. The van der Waals surface area contributed by atoms with Crippen LogP contribution >= 0.6 is 0 Å². The predicted molar refractivity (Wildman–Crippen MR) is 54.3 cm³/mol. The first-order valence-corrected chi connectivity index (χ1v) is 5.57. The molecule has 16 heavy (non-hydrogen) atoms. The molecule has 90 valence electrons. The van der Waals surface area contributed by atoms with E-state index in [1.807, 2.05) is 0 Å². The normalized spacial score (nSPS) is 16.6. The quantitative estimate of drug-likeness (QED) is 0.726. The molecule has 1 aromatic rings. The van der Waals surface area contributed by atoms with E-state index in [4.69, 9.17) is 0 Å². The Morgan fingerprint density at radius 2 is 1.94 bits per heavy atom. The summed E-state index contributed by atoms with van der Waals surface area (Å²) in [7, 11) is 0. The number of aromatic nitrogens is 2. The summed E-state index contributed by atoms with van der Waals surface area (Å²) in [6.45, 7) is 4.24. The second-order valence-electron chi connectivity index (χ2n) is 4.52. The van der Waals surface area contributed by atoms with E-state index in [0.29, 0.717) is 24.5 Å². The Kier molecular flexibility index (Phi) is 2.72. The molecule has 1 aliphatic heterocycles. The third kappa shape index (κ3) is 1.83. The molecule has 0 spiro atoms. The minimum Gasteiger partial charge on any atom is -0.331 e. The van der Waals surface area contributed by atoms with Crippen LogP contribution in [-0.4, -0.2) is 9.55 Å². The standard InChI is InChI=1S/C11H15F3N2/c1-7(2)9-10(11(12,13)14)15-8-5-3-4-6-16(8)9/h7H,3-6H2,1-2H3. The number of imidazole rings is 1. The van der Waals surface area contributed by atoms with Gasteiger partial charge in [-0.3, -0.25) is 0 Å². The highest BCUT2D eigenvalue weighted by Crippen LogP contribution is 2.36. The Labute approximate surface area is 92.5 Å². The van der Waals surface area contributed by atoms with Crippen molar-refractivity contribution in [3.8, 4) is 0 Å². The van der Waals surface area contributed by atoms with Crippen LogP contribution in [0.25, 0.3) is 0 Å². The van der Waals surface area contributed by atoms with Crippen molar-refractivity contribution < 1.29 is 13.2 Å². The van der Waals surface area contributed by atoms with Gasteiger partial charge in [-0.1, -0.05) is 13.8 Å². The van der Waals surface area contributed by atoms with Gasteiger partial charge in [0.05, 0.1) is 5.69 Å². The van der Waals surface area contributed by atoms with Crippen molar-refractivity contribution in [2.45, 2.75) is 51.7 Å². The van der Waals surface area contributed by atoms with Crippen LogP contribution in [0.1, 0.15) is 49.8 Å². The summed E-state index contributed by atoms with van der Waals surface area (Å²) < 4.78 is 40.2. The molecule has 2 nitrogen and oxygen atoms in total. The summed E-state index contributed by atoms with van der Waals surface area (Å²) in [4.78, 5) is 3.78. The number of fused-ring (bicyclic) bond motifs is 1. The van der Waals surface area contributed by atoms with Crippen LogP contribution in [0.2, 0.25) is 0 Å². The highest BCUT2D eigenvalue weighted by molar-refractivity contribution is 5.24. The molecule has 0 aromatic carbocycles. The summed E-state index contributed by atoms with van der Waals surface area (Å²) in [6, 6.07) is 0. The van der Waals surface area contributed by atoms with Crippen LogP contribution in [0.5, 0.6) is 0 Å². The van der Waals surface area contributed by atoms with E-state index in [2.05, 4.69) is 4.98 Å². The number of halogens is 3. The van der Waals surface area contributed by atoms with Gasteiger partial charge in [-0.2, -0.15) is 13.2 Å². The van der Waals surface area contributed by atoms with Gasteiger partial charge in [-0.25, -0.2) is 4.98 Å². The monoisotopic (exact) mass is 232 g/mol. The van der Waals surface area contributed by atoms with Crippen molar-refractivity contribution in [3.05, 3.63) is 17.2 Å². The van der Waals surface area contributed by atoms with Crippen LogP contribution < -0.4 is 0 Å². The van der Waals surface area contributed by atoms with Crippen molar-refractivity contribution in [2.75, 3.05) is 0 Å². The molecule has 2 heterocycles. The van der Waals surface area contributed by atoms with Crippen LogP contribution in [0.15, 0.2) is 0 Å². The van der Waals surface area contributed by atoms with Gasteiger partial charge in [0.1, 0.15) is 5.82 Å². The lowest BCUT2D eigenvalue weighted by Crippen LogP contribution is -2.15. The lowest BCUT2D eigenvalue weighted by molar-refractivity contribution is -0.141. The van der Waals surface area contributed by atoms with E-state index < -0.39 is 11.9 Å². The van der Waals surface area contributed by atoms with Crippen molar-refractivity contribution in [2.24, 2.45) is 0 Å². The number of nitrogens with zero attached hydrogens (tertiary/aromatic N) is 2. The zero-order valence-corrected chi connectivity index (χ0v) is 9.43. The Morgan fingerprint density at radius 3 is 2.50 bits per heavy atom. The van der Waals surface area contributed by atoms with E-state index in [0.717, 1.165) is 12.8 Å². The molecule has 1 aromatic heterocycles. The van der Waals surface area contributed by atoms with Crippen molar-refractivity contribution in [3.63, 3.8) is 0 Å². The van der Waals surface area contributed by atoms with Gasteiger partial charge in [0.15, 0.2) is 5.69 Å². The predicted octanol–water partition coefficient (Wildman–Crippen LogP) is 3.36. The molecular weight excluding hydrogens is 217 g/mol. The fraction of sp³-hybridized carbons (Fsp3) is 0.727. The van der Waals surface area contributed by atoms with Gasteiger partial charge in [0.25, 0.3) is 0 Å². The Balaban J connectivity index is 2.56. The molecule has 0 bridgehead atoms. The fourth-order valence-electron chi connectivity index (χ4n) is 2.30. The number of hydrogen-bond acceptors (Lipinski definition) is 1. The average Bonchev–Trinajstić information content (AvgIpc) is 2.55. The molecule has 0 saturated heterocycles. The van der Waals surface area contributed by atoms with Crippen LogP contribution in [0.3, 0.4) is 0 Å². The Bertz CT molecular complexity index is 391. The fourth-order valence-corrected chi connectivity index (χ4v) is 2.30. The minimum atomic E-state index is -4.33. The minimum absolute atomic E-state index is 0.143. The van der Waals surface area contributed by atoms with Crippen LogP contribution in [0, 0.1) is 0 Å². The molecule has 0 atom stereocenters. The first-order chi connectivity index (χ1) is 7.41. The summed E-state index contributed by atoms with van der Waals surface area (Å²) in [5.41, 5.74) is -0.332. The van der Waals surface area contributed by atoms with Gasteiger partial charge in [-0.05, 0) is 18.8 Å². The zero-order valence-electron chi connectivity index (χ0n) is 9.43. The molecule has 0 radical (unpaired) electrons. The topological polar surface area (TPSA) is 17.8 Å². The molecule has 0 amide bonds. The third-order valence-corrected chi connectivity index (χ3v) is 2.93. The van der Waals surface area contributed by atoms with Crippen molar-refractivity contribution >= 4 is 0 Å². The van der Waals surface area contributed by atoms with Crippen LogP contribution in [-0.2, 0) is 19.1 Å². The highest BCUT2D eigenvalue weighted by atomic mass is 19.4. The average molecular weight is 232 g/mol.